The summed E-state index contributed by atoms with van der Waals surface area (Å²) in [6, 6.07) is 0. The molecule has 0 aromatic carbocycles. The zero-order valence-corrected chi connectivity index (χ0v) is 11.3. The van der Waals surface area contributed by atoms with Crippen LogP contribution in [0.15, 0.2) is 11.3 Å². The van der Waals surface area contributed by atoms with Crippen molar-refractivity contribution in [2.24, 2.45) is 11.7 Å². The second-order valence-electron chi connectivity index (χ2n) is 4.85. The average Bonchev–Trinajstić information content (AvgIpc) is 2.23. The molecule has 114 valence electrons. The van der Waals surface area contributed by atoms with Crippen molar-refractivity contribution in [1.29, 1.82) is 0 Å². The number of alkyl halides is 6. The predicted octanol–water partition coefficient (Wildman–Crippen LogP) is 4.58. The van der Waals surface area contributed by atoms with Crippen molar-refractivity contribution in [3.05, 3.63) is 11.3 Å². The van der Waals surface area contributed by atoms with E-state index in [1.165, 1.54) is 13.8 Å². The average molecular weight is 291 g/mol. The largest absolute Gasteiger partial charge is 0.428 e. The van der Waals surface area contributed by atoms with Gasteiger partial charge in [-0.1, -0.05) is 19.4 Å². The Labute approximate surface area is 108 Å². The van der Waals surface area contributed by atoms with E-state index in [4.69, 9.17) is 5.73 Å². The summed E-state index contributed by atoms with van der Waals surface area (Å²) in [4.78, 5) is 0. The van der Waals surface area contributed by atoms with Crippen LogP contribution in [-0.2, 0) is 0 Å². The van der Waals surface area contributed by atoms with Gasteiger partial charge in [0.25, 0.3) is 11.6 Å². The second kappa shape index (κ2) is 5.63. The Hall–Kier alpha value is -0.880. The molecular formula is C12H19F6N. The molecule has 2 N–H and O–H groups in total. The lowest BCUT2D eigenvalue weighted by molar-refractivity contribution is -0.301. The van der Waals surface area contributed by atoms with Crippen LogP contribution in [0.25, 0.3) is 0 Å². The molecule has 7 heteroatoms. The number of nitrogens with two attached hydrogens (primary N) is 1. The van der Waals surface area contributed by atoms with Crippen LogP contribution in [0.4, 0.5) is 26.3 Å². The van der Waals surface area contributed by atoms with Crippen molar-refractivity contribution in [2.75, 3.05) is 0 Å². The van der Waals surface area contributed by atoms with Gasteiger partial charge in [-0.15, -0.1) is 0 Å². The highest BCUT2D eigenvalue weighted by Gasteiger charge is 2.68. The summed E-state index contributed by atoms with van der Waals surface area (Å²) in [7, 11) is 0. The molecule has 0 aliphatic heterocycles. The van der Waals surface area contributed by atoms with Crippen molar-refractivity contribution < 1.29 is 26.3 Å². The molecule has 0 radical (unpaired) electrons. The van der Waals surface area contributed by atoms with Gasteiger partial charge in [0.1, 0.15) is 0 Å². The lowest BCUT2D eigenvalue weighted by Gasteiger charge is -2.35. The van der Waals surface area contributed by atoms with Gasteiger partial charge < -0.3 is 5.73 Å². The summed E-state index contributed by atoms with van der Waals surface area (Å²) in [6.45, 7) is 4.29. The third-order valence-corrected chi connectivity index (χ3v) is 3.36. The van der Waals surface area contributed by atoms with Gasteiger partial charge in [0, 0.05) is 19.0 Å². The molecular weight excluding hydrogens is 272 g/mol. The van der Waals surface area contributed by atoms with E-state index >= 15 is 0 Å². The lowest BCUT2D eigenvalue weighted by atomic mass is 9.83. The molecule has 0 rings (SSSR count). The molecule has 0 bridgehead atoms. The summed E-state index contributed by atoms with van der Waals surface area (Å²) in [5.41, 5.74) is 1.57. The second-order valence-corrected chi connectivity index (χ2v) is 4.85. The first-order chi connectivity index (χ1) is 8.28. The maximum absolute atomic E-state index is 13.8. The Morgan fingerprint density at radius 3 is 1.79 bits per heavy atom. The fourth-order valence-electron chi connectivity index (χ4n) is 1.71. The molecule has 0 aliphatic rings. The van der Waals surface area contributed by atoms with Gasteiger partial charge >= 0.3 is 6.18 Å². The van der Waals surface area contributed by atoms with Crippen molar-refractivity contribution in [2.45, 2.75) is 58.3 Å². The molecule has 0 aromatic rings. The third-order valence-electron chi connectivity index (χ3n) is 3.36. The molecule has 1 nitrogen and oxygen atoms in total. The normalized spacial score (nSPS) is 19.7. The Morgan fingerprint density at radius 1 is 1.11 bits per heavy atom. The fourth-order valence-corrected chi connectivity index (χ4v) is 1.71. The van der Waals surface area contributed by atoms with Crippen LogP contribution in [0.2, 0.25) is 0 Å². The van der Waals surface area contributed by atoms with E-state index in [0.29, 0.717) is 12.0 Å². The standard InChI is InChI=1S/C12H19F6N/c1-5-9(19)8(3)7(2)6-11(15,10(4,13)14)12(16,17)18/h7H,5-6,19H2,1-4H3/b9-8+. The van der Waals surface area contributed by atoms with Crippen molar-refractivity contribution in [3.8, 4) is 0 Å². The molecule has 0 heterocycles. The maximum Gasteiger partial charge on any atom is 0.428 e. The van der Waals surface area contributed by atoms with Crippen molar-refractivity contribution in [3.63, 3.8) is 0 Å². The molecule has 0 saturated carbocycles. The first kappa shape index (κ1) is 18.1. The summed E-state index contributed by atoms with van der Waals surface area (Å²) >= 11 is 0. The minimum absolute atomic E-state index is 0.0601. The third kappa shape index (κ3) is 3.79. The van der Waals surface area contributed by atoms with Crippen LogP contribution in [0.5, 0.6) is 0 Å². The van der Waals surface area contributed by atoms with Gasteiger partial charge in [0.05, 0.1) is 0 Å². The Morgan fingerprint density at radius 2 is 1.53 bits per heavy atom. The highest BCUT2D eigenvalue weighted by Crippen LogP contribution is 2.49. The van der Waals surface area contributed by atoms with E-state index in [9.17, 15) is 26.3 Å². The van der Waals surface area contributed by atoms with Crippen LogP contribution in [0.1, 0.15) is 40.5 Å². The minimum Gasteiger partial charge on any atom is -0.402 e. The molecule has 2 atom stereocenters. The quantitative estimate of drug-likeness (QED) is 0.737. The minimum atomic E-state index is -5.64. The SMILES string of the molecule is CC/C(N)=C(/C)C(C)CC(F)(C(C)(F)F)C(F)(F)F. The van der Waals surface area contributed by atoms with Gasteiger partial charge in [-0.05, 0) is 19.3 Å². The van der Waals surface area contributed by atoms with Gasteiger partial charge in [-0.3, -0.25) is 0 Å². The van der Waals surface area contributed by atoms with E-state index in [1.54, 1.807) is 6.92 Å². The van der Waals surface area contributed by atoms with Crippen LogP contribution in [0, 0.1) is 5.92 Å². The highest BCUT2D eigenvalue weighted by molar-refractivity contribution is 5.13. The van der Waals surface area contributed by atoms with Crippen molar-refractivity contribution >= 4 is 0 Å². The van der Waals surface area contributed by atoms with Gasteiger partial charge in [-0.25, -0.2) is 13.2 Å². The molecule has 0 aliphatic carbocycles. The smallest absolute Gasteiger partial charge is 0.402 e. The summed E-state index contributed by atoms with van der Waals surface area (Å²) < 4.78 is 77.7. The predicted molar refractivity (Wildman–Crippen MR) is 61.5 cm³/mol. The molecule has 2 unspecified atom stereocenters. The monoisotopic (exact) mass is 291 g/mol. The highest BCUT2D eigenvalue weighted by atomic mass is 19.4. The number of rotatable bonds is 5. The number of hydrogen-bond donors (Lipinski definition) is 1. The van der Waals surface area contributed by atoms with Gasteiger partial charge in [0.15, 0.2) is 0 Å². The van der Waals surface area contributed by atoms with E-state index < -0.39 is 30.1 Å². The Kier molecular flexibility index (Phi) is 5.37. The van der Waals surface area contributed by atoms with Crippen LogP contribution >= 0.6 is 0 Å². The topological polar surface area (TPSA) is 26.0 Å². The maximum atomic E-state index is 13.8. The Bertz CT molecular complexity index is 325. The molecule has 0 spiro atoms. The van der Waals surface area contributed by atoms with Crippen molar-refractivity contribution in [1.82, 2.24) is 0 Å². The summed E-state index contributed by atoms with van der Waals surface area (Å²) in [6.07, 6.45) is -6.63. The van der Waals surface area contributed by atoms with E-state index in [2.05, 4.69) is 0 Å². The van der Waals surface area contributed by atoms with Gasteiger partial charge in [-0.2, -0.15) is 13.2 Å². The number of allylic oxidation sites excluding steroid dienone is 2. The van der Waals surface area contributed by atoms with Gasteiger partial charge in [0.2, 0.25) is 0 Å². The first-order valence-electron chi connectivity index (χ1n) is 5.86. The molecule has 0 saturated heterocycles. The summed E-state index contributed by atoms with van der Waals surface area (Å²) in [5, 5.41) is 0. The van der Waals surface area contributed by atoms with E-state index in [1.807, 2.05) is 0 Å². The van der Waals surface area contributed by atoms with Crippen LogP contribution in [-0.4, -0.2) is 17.8 Å². The fraction of sp³-hybridized carbons (Fsp3) is 0.833. The zero-order chi connectivity index (χ0) is 15.6. The van der Waals surface area contributed by atoms with E-state index in [-0.39, 0.29) is 12.6 Å². The van der Waals surface area contributed by atoms with E-state index in [0.717, 1.165) is 0 Å². The number of halogens is 6. The zero-order valence-electron chi connectivity index (χ0n) is 11.3. The molecule has 0 amide bonds. The first-order valence-corrected chi connectivity index (χ1v) is 5.86. The van der Waals surface area contributed by atoms with Crippen LogP contribution < -0.4 is 5.73 Å². The molecule has 19 heavy (non-hydrogen) atoms. The lowest BCUT2D eigenvalue weighted by Crippen LogP contribution is -2.54. The Balaban J connectivity index is 5.41. The molecule has 0 fully saturated rings. The van der Waals surface area contributed by atoms with Crippen LogP contribution in [0.3, 0.4) is 0 Å². The molecule has 0 aromatic heterocycles. The summed E-state index contributed by atoms with van der Waals surface area (Å²) in [5.74, 6) is -5.54. The number of hydrogen-bond acceptors (Lipinski definition) is 1.